The van der Waals surface area contributed by atoms with Crippen LogP contribution in [0.15, 0.2) is 54.6 Å². The van der Waals surface area contributed by atoms with E-state index in [1.165, 1.54) is 76.1 Å². The maximum atomic E-state index is 2.47. The summed E-state index contributed by atoms with van der Waals surface area (Å²) in [4.78, 5) is 2.47. The van der Waals surface area contributed by atoms with Gasteiger partial charge in [-0.05, 0) is 106 Å². The average molecular weight is 380 g/mol. The molecule has 0 heterocycles. The Labute approximate surface area is 174 Å². The van der Waals surface area contributed by atoms with Gasteiger partial charge in [-0.25, -0.2) is 0 Å². The minimum atomic E-state index is 0.329. The monoisotopic (exact) mass is 379 g/mol. The summed E-state index contributed by atoms with van der Waals surface area (Å²) in [6.07, 6.45) is 4.80. The zero-order valence-corrected chi connectivity index (χ0v) is 18.0. The highest BCUT2D eigenvalue weighted by molar-refractivity contribution is 5.79. The van der Waals surface area contributed by atoms with Crippen molar-refractivity contribution >= 4 is 17.1 Å². The second-order valence-corrected chi connectivity index (χ2v) is 10.6. The molecule has 0 saturated carbocycles. The quantitative estimate of drug-likeness (QED) is 0.477. The molecule has 0 bridgehead atoms. The summed E-state index contributed by atoms with van der Waals surface area (Å²) in [6, 6.07) is 21.2. The third-order valence-electron chi connectivity index (χ3n) is 7.53. The molecule has 3 aliphatic carbocycles. The second-order valence-electron chi connectivity index (χ2n) is 10.6. The van der Waals surface area contributed by atoms with Gasteiger partial charge in [0.2, 0.25) is 0 Å². The molecule has 0 spiro atoms. The van der Waals surface area contributed by atoms with Crippen LogP contribution in [0, 0.1) is 0 Å². The zero-order valence-electron chi connectivity index (χ0n) is 18.0. The Kier molecular flexibility index (Phi) is 3.31. The second kappa shape index (κ2) is 5.53. The lowest BCUT2D eigenvalue weighted by atomic mass is 9.66. The fourth-order valence-electron chi connectivity index (χ4n) is 5.75. The Balaban J connectivity index is 1.48. The van der Waals surface area contributed by atoms with Crippen LogP contribution in [0.2, 0.25) is 0 Å². The van der Waals surface area contributed by atoms with Gasteiger partial charge in [-0.1, -0.05) is 45.9 Å². The molecule has 146 valence electrons. The van der Waals surface area contributed by atoms with E-state index in [9.17, 15) is 0 Å². The molecule has 0 aromatic heterocycles. The first-order valence-electron chi connectivity index (χ1n) is 11.0. The molecule has 0 fully saturated rings. The lowest BCUT2D eigenvalue weighted by Gasteiger charge is -2.41. The van der Waals surface area contributed by atoms with Crippen molar-refractivity contribution < 1.29 is 0 Å². The van der Waals surface area contributed by atoms with Crippen molar-refractivity contribution in [2.45, 2.75) is 64.2 Å². The first-order chi connectivity index (χ1) is 13.8. The highest BCUT2D eigenvalue weighted by atomic mass is 15.1. The van der Waals surface area contributed by atoms with Crippen LogP contribution in [0.25, 0.3) is 0 Å². The van der Waals surface area contributed by atoms with Gasteiger partial charge >= 0.3 is 0 Å². The molecule has 3 aromatic carbocycles. The molecule has 1 nitrogen and oxygen atoms in total. The van der Waals surface area contributed by atoms with Gasteiger partial charge in [0.1, 0.15) is 0 Å². The fraction of sp³-hybridized carbons (Fsp3) is 0.357. The number of benzene rings is 3. The van der Waals surface area contributed by atoms with Crippen LogP contribution in [0.4, 0.5) is 17.1 Å². The number of rotatable bonds is 3. The van der Waals surface area contributed by atoms with Crippen LogP contribution in [-0.4, -0.2) is 0 Å². The Bertz CT molecular complexity index is 1100. The Morgan fingerprint density at radius 2 is 1.00 bits per heavy atom. The van der Waals surface area contributed by atoms with Crippen molar-refractivity contribution in [3.63, 3.8) is 0 Å². The minimum Gasteiger partial charge on any atom is -0.310 e. The van der Waals surface area contributed by atoms with E-state index in [4.69, 9.17) is 0 Å². The van der Waals surface area contributed by atoms with Crippen molar-refractivity contribution in [3.8, 4) is 0 Å². The Morgan fingerprint density at radius 1 is 0.552 bits per heavy atom. The van der Waals surface area contributed by atoms with Crippen LogP contribution < -0.4 is 4.90 Å². The van der Waals surface area contributed by atoms with E-state index in [0.717, 1.165) is 0 Å². The Morgan fingerprint density at radius 3 is 1.38 bits per heavy atom. The molecular formula is C28H29N. The van der Waals surface area contributed by atoms with E-state index >= 15 is 0 Å². The van der Waals surface area contributed by atoms with Gasteiger partial charge in [-0.3, -0.25) is 0 Å². The summed E-state index contributed by atoms with van der Waals surface area (Å²) in [5.74, 6) is 0. The first kappa shape index (κ1) is 17.3. The molecular weight excluding hydrogens is 350 g/mol. The van der Waals surface area contributed by atoms with Crippen LogP contribution in [0.1, 0.15) is 61.1 Å². The summed E-state index contributed by atoms with van der Waals surface area (Å²) in [7, 11) is 0. The van der Waals surface area contributed by atoms with Crippen molar-refractivity contribution in [1.82, 2.24) is 0 Å². The van der Waals surface area contributed by atoms with E-state index in [2.05, 4.69) is 87.2 Å². The van der Waals surface area contributed by atoms with Crippen molar-refractivity contribution in [2.75, 3.05) is 4.90 Å². The number of hydrogen-bond acceptors (Lipinski definition) is 1. The lowest BCUT2D eigenvalue weighted by molar-refractivity contribution is 0.455. The summed E-state index contributed by atoms with van der Waals surface area (Å²) in [6.45, 7) is 9.40. The maximum Gasteiger partial charge on any atom is 0.0464 e. The van der Waals surface area contributed by atoms with E-state index in [1.807, 2.05) is 0 Å². The third kappa shape index (κ3) is 2.46. The maximum absolute atomic E-state index is 2.47. The van der Waals surface area contributed by atoms with E-state index in [0.29, 0.717) is 10.8 Å². The fourth-order valence-corrected chi connectivity index (χ4v) is 5.75. The van der Waals surface area contributed by atoms with Gasteiger partial charge in [0.05, 0.1) is 0 Å². The molecule has 0 amide bonds. The summed E-state index contributed by atoms with van der Waals surface area (Å²) < 4.78 is 0. The molecule has 0 radical (unpaired) electrons. The molecule has 6 rings (SSSR count). The van der Waals surface area contributed by atoms with Gasteiger partial charge in [0.15, 0.2) is 0 Å². The van der Waals surface area contributed by atoms with Gasteiger partial charge in [-0.2, -0.15) is 0 Å². The number of anilines is 3. The topological polar surface area (TPSA) is 3.24 Å². The Hall–Kier alpha value is -2.54. The smallest absolute Gasteiger partial charge is 0.0464 e. The van der Waals surface area contributed by atoms with Crippen LogP contribution >= 0.6 is 0 Å². The predicted octanol–water partition coefficient (Wildman–Crippen LogP) is 6.92. The standard InChI is InChI=1S/C28H29N/c1-27(2)16-20-14-23(9-11-25(20)27)29(22-8-7-18-5-6-19(18)13-22)24-10-12-26-21(15-24)17-28(26,3)4/h7-15H,5-6,16-17H2,1-4H3. The van der Waals surface area contributed by atoms with Crippen LogP contribution in [0.3, 0.4) is 0 Å². The van der Waals surface area contributed by atoms with E-state index in [1.54, 1.807) is 0 Å². The van der Waals surface area contributed by atoms with E-state index < -0.39 is 0 Å². The normalized spacial score (nSPS) is 19.0. The molecule has 29 heavy (non-hydrogen) atoms. The van der Waals surface area contributed by atoms with Gasteiger partial charge in [0.25, 0.3) is 0 Å². The molecule has 0 unspecified atom stereocenters. The average Bonchev–Trinajstić information content (AvgIpc) is 2.62. The first-order valence-corrected chi connectivity index (χ1v) is 11.0. The zero-order chi connectivity index (χ0) is 20.0. The molecule has 0 saturated heterocycles. The molecule has 1 heteroatoms. The SMILES string of the molecule is CC1(C)Cc2cc(N(c3ccc4c(c3)CC4)c3ccc4c(c3)CC4(C)C)ccc21. The minimum absolute atomic E-state index is 0.329. The molecule has 3 aliphatic rings. The third-order valence-corrected chi connectivity index (χ3v) is 7.53. The van der Waals surface area contributed by atoms with Gasteiger partial charge < -0.3 is 4.90 Å². The molecule has 0 aliphatic heterocycles. The number of nitrogens with zero attached hydrogens (tertiary/aromatic N) is 1. The largest absolute Gasteiger partial charge is 0.310 e. The van der Waals surface area contributed by atoms with Crippen LogP contribution in [-0.2, 0) is 36.5 Å². The van der Waals surface area contributed by atoms with Gasteiger partial charge in [0, 0.05) is 17.1 Å². The van der Waals surface area contributed by atoms with Crippen LogP contribution in [0.5, 0.6) is 0 Å². The van der Waals surface area contributed by atoms with Crippen molar-refractivity contribution in [1.29, 1.82) is 0 Å². The number of hydrogen-bond donors (Lipinski definition) is 0. The number of fused-ring (bicyclic) bond motifs is 3. The van der Waals surface area contributed by atoms with Gasteiger partial charge in [-0.15, -0.1) is 0 Å². The highest BCUT2D eigenvalue weighted by Gasteiger charge is 2.36. The summed E-state index contributed by atoms with van der Waals surface area (Å²) in [5, 5.41) is 0. The van der Waals surface area contributed by atoms with Crippen molar-refractivity contribution in [3.05, 3.63) is 88.0 Å². The molecule has 3 aromatic rings. The summed E-state index contributed by atoms with van der Waals surface area (Å²) >= 11 is 0. The lowest BCUT2D eigenvalue weighted by Crippen LogP contribution is -2.33. The van der Waals surface area contributed by atoms with Crippen molar-refractivity contribution in [2.24, 2.45) is 0 Å². The predicted molar refractivity (Wildman–Crippen MR) is 122 cm³/mol. The number of aryl methyl sites for hydroxylation is 2. The highest BCUT2D eigenvalue weighted by Crippen LogP contribution is 2.47. The molecule has 0 atom stereocenters. The summed E-state index contributed by atoms with van der Waals surface area (Å²) in [5.41, 5.74) is 13.6. The van der Waals surface area contributed by atoms with E-state index in [-0.39, 0.29) is 0 Å². The molecule has 0 N–H and O–H groups in total.